The van der Waals surface area contributed by atoms with Crippen LogP contribution < -0.4 is 10.6 Å². The van der Waals surface area contributed by atoms with Crippen LogP contribution >= 0.6 is 11.8 Å². The third kappa shape index (κ3) is 10.9. The van der Waals surface area contributed by atoms with Crippen molar-refractivity contribution in [3.05, 3.63) is 0 Å². The molecule has 1 aliphatic rings. The summed E-state index contributed by atoms with van der Waals surface area (Å²) in [6.07, 6.45) is 6.96. The molecule has 0 spiro atoms. The molecule has 0 aromatic heterocycles. The van der Waals surface area contributed by atoms with Crippen LogP contribution in [0.25, 0.3) is 0 Å². The van der Waals surface area contributed by atoms with Crippen molar-refractivity contribution in [3.8, 4) is 0 Å². The Kier molecular flexibility index (Phi) is 10.9. The molecule has 0 unspecified atom stereocenters. The average molecular weight is 415 g/mol. The van der Waals surface area contributed by atoms with Crippen LogP contribution in [0.1, 0.15) is 86.0 Å². The fourth-order valence-electron chi connectivity index (χ4n) is 3.06. The number of ether oxygens (including phenoxy) is 1. The minimum Gasteiger partial charge on any atom is -0.444 e. The van der Waals surface area contributed by atoms with Gasteiger partial charge in [0.1, 0.15) is 11.6 Å². The zero-order chi connectivity index (χ0) is 21.2. The third-order valence-electron chi connectivity index (χ3n) is 4.56. The van der Waals surface area contributed by atoms with Gasteiger partial charge < -0.3 is 15.4 Å². The highest BCUT2D eigenvalue weighted by molar-refractivity contribution is 8.13. The standard InChI is InChI=1S/C21H38N2O4S/c1-15(2)19(25)28-14-10-6-7-13-17(23-20(26)27-21(3,4)5)18(24)22-16-11-8-9-12-16/h15-17H,6-14H2,1-5H3,(H,22,24)(H,23,26)/t17-/m0/s1. The molecule has 1 fully saturated rings. The van der Waals surface area contributed by atoms with E-state index < -0.39 is 17.7 Å². The van der Waals surface area contributed by atoms with Crippen LogP contribution in [-0.4, -0.2) is 40.6 Å². The van der Waals surface area contributed by atoms with Crippen LogP contribution in [0.2, 0.25) is 0 Å². The smallest absolute Gasteiger partial charge is 0.408 e. The maximum absolute atomic E-state index is 12.7. The number of alkyl carbamates (subject to hydrolysis) is 1. The Balaban J connectivity index is 2.44. The summed E-state index contributed by atoms with van der Waals surface area (Å²) in [7, 11) is 0. The van der Waals surface area contributed by atoms with Crippen LogP contribution in [0.15, 0.2) is 0 Å². The molecule has 1 atom stereocenters. The van der Waals surface area contributed by atoms with Gasteiger partial charge in [-0.3, -0.25) is 9.59 Å². The number of carbonyl (C=O) groups excluding carboxylic acids is 3. The molecule has 0 saturated heterocycles. The van der Waals surface area contributed by atoms with E-state index >= 15 is 0 Å². The molecule has 0 bridgehead atoms. The Morgan fingerprint density at radius 2 is 1.71 bits per heavy atom. The second kappa shape index (κ2) is 12.3. The number of rotatable bonds is 10. The van der Waals surface area contributed by atoms with Gasteiger partial charge >= 0.3 is 6.09 Å². The lowest BCUT2D eigenvalue weighted by Crippen LogP contribution is -2.50. The van der Waals surface area contributed by atoms with E-state index in [1.54, 1.807) is 20.8 Å². The van der Waals surface area contributed by atoms with Crippen molar-refractivity contribution in [3.63, 3.8) is 0 Å². The zero-order valence-corrected chi connectivity index (χ0v) is 19.0. The molecule has 1 aliphatic carbocycles. The van der Waals surface area contributed by atoms with E-state index in [0.29, 0.717) is 6.42 Å². The first kappa shape index (κ1) is 24.8. The first-order valence-corrected chi connectivity index (χ1v) is 11.5. The SMILES string of the molecule is CC(C)C(=O)SCCCCC[C@H](NC(=O)OC(C)(C)C)C(=O)NC1CCCC1. The monoisotopic (exact) mass is 414 g/mol. The Labute approximate surface area is 174 Å². The second-order valence-corrected chi connectivity index (χ2v) is 9.96. The maximum Gasteiger partial charge on any atom is 0.408 e. The molecular formula is C21H38N2O4S. The van der Waals surface area contributed by atoms with Gasteiger partial charge in [-0.1, -0.05) is 51.3 Å². The van der Waals surface area contributed by atoms with Gasteiger partial charge in [0.15, 0.2) is 5.12 Å². The van der Waals surface area contributed by atoms with Crippen molar-refractivity contribution >= 4 is 28.9 Å². The number of nitrogens with one attached hydrogen (secondary N) is 2. The highest BCUT2D eigenvalue weighted by atomic mass is 32.2. The molecule has 28 heavy (non-hydrogen) atoms. The molecule has 2 N–H and O–H groups in total. The summed E-state index contributed by atoms with van der Waals surface area (Å²) in [5, 5.41) is 6.03. The minimum absolute atomic E-state index is 0.0618. The summed E-state index contributed by atoms with van der Waals surface area (Å²) in [6, 6.07) is -0.366. The molecular weight excluding hydrogens is 376 g/mol. The quantitative estimate of drug-likeness (QED) is 0.517. The largest absolute Gasteiger partial charge is 0.444 e. The molecule has 1 rings (SSSR count). The lowest BCUT2D eigenvalue weighted by atomic mass is 10.1. The number of amides is 2. The van der Waals surface area contributed by atoms with Gasteiger partial charge in [0.05, 0.1) is 0 Å². The van der Waals surface area contributed by atoms with Crippen molar-refractivity contribution in [1.29, 1.82) is 0 Å². The topological polar surface area (TPSA) is 84.5 Å². The van der Waals surface area contributed by atoms with Gasteiger partial charge in [-0.2, -0.15) is 0 Å². The second-order valence-electron chi connectivity index (χ2n) is 8.86. The highest BCUT2D eigenvalue weighted by Crippen LogP contribution is 2.18. The third-order valence-corrected chi connectivity index (χ3v) is 5.81. The van der Waals surface area contributed by atoms with Gasteiger partial charge in [-0.05, 0) is 46.5 Å². The average Bonchev–Trinajstić information content (AvgIpc) is 3.07. The summed E-state index contributed by atoms with van der Waals surface area (Å²) < 4.78 is 5.31. The molecule has 0 radical (unpaired) electrons. The highest BCUT2D eigenvalue weighted by Gasteiger charge is 2.26. The first-order valence-electron chi connectivity index (χ1n) is 10.5. The zero-order valence-electron chi connectivity index (χ0n) is 18.1. The summed E-state index contributed by atoms with van der Waals surface area (Å²) in [5.74, 6) is 0.740. The molecule has 7 heteroatoms. The summed E-state index contributed by atoms with van der Waals surface area (Å²) >= 11 is 1.38. The van der Waals surface area contributed by atoms with Crippen molar-refractivity contribution < 1.29 is 19.1 Å². The summed E-state index contributed by atoms with van der Waals surface area (Å²) in [4.78, 5) is 36.4. The van der Waals surface area contributed by atoms with E-state index in [1.807, 2.05) is 13.8 Å². The molecule has 0 aromatic rings. The van der Waals surface area contributed by atoms with Crippen molar-refractivity contribution in [1.82, 2.24) is 10.6 Å². The molecule has 162 valence electrons. The number of thioether (sulfide) groups is 1. The Morgan fingerprint density at radius 3 is 2.29 bits per heavy atom. The fraction of sp³-hybridized carbons (Fsp3) is 0.857. The molecule has 6 nitrogen and oxygen atoms in total. The molecule has 0 aromatic carbocycles. The number of hydrogen-bond donors (Lipinski definition) is 2. The van der Waals surface area contributed by atoms with Crippen LogP contribution in [-0.2, 0) is 14.3 Å². The lowest BCUT2D eigenvalue weighted by molar-refractivity contribution is -0.124. The molecule has 1 saturated carbocycles. The maximum atomic E-state index is 12.7. The van der Waals surface area contributed by atoms with Gasteiger partial charge in [0.2, 0.25) is 5.91 Å². The van der Waals surface area contributed by atoms with E-state index in [-0.39, 0.29) is 23.0 Å². The predicted molar refractivity (Wildman–Crippen MR) is 114 cm³/mol. The number of hydrogen-bond acceptors (Lipinski definition) is 5. The van der Waals surface area contributed by atoms with E-state index in [9.17, 15) is 14.4 Å². The van der Waals surface area contributed by atoms with Gasteiger partial charge in [0.25, 0.3) is 0 Å². The van der Waals surface area contributed by atoms with E-state index in [1.165, 1.54) is 11.8 Å². The Bertz CT molecular complexity index is 511. The minimum atomic E-state index is -0.600. The van der Waals surface area contributed by atoms with Gasteiger partial charge in [-0.15, -0.1) is 0 Å². The molecule has 0 aliphatic heterocycles. The first-order chi connectivity index (χ1) is 13.1. The number of carbonyl (C=O) groups is 3. The van der Waals surface area contributed by atoms with Gasteiger partial charge in [0, 0.05) is 17.7 Å². The van der Waals surface area contributed by atoms with E-state index in [2.05, 4.69) is 10.6 Å². The summed E-state index contributed by atoms with van der Waals surface area (Å²) in [5.41, 5.74) is -0.600. The molecule has 0 heterocycles. The van der Waals surface area contributed by atoms with Crippen molar-refractivity contribution in [2.24, 2.45) is 5.92 Å². The Hall–Kier alpha value is -1.24. The normalized spacial score (nSPS) is 16.1. The lowest BCUT2D eigenvalue weighted by Gasteiger charge is -2.24. The van der Waals surface area contributed by atoms with Crippen LogP contribution in [0.3, 0.4) is 0 Å². The van der Waals surface area contributed by atoms with Crippen LogP contribution in [0.5, 0.6) is 0 Å². The Morgan fingerprint density at radius 1 is 1.07 bits per heavy atom. The fourth-order valence-corrected chi connectivity index (χ4v) is 3.94. The van der Waals surface area contributed by atoms with Crippen LogP contribution in [0, 0.1) is 5.92 Å². The van der Waals surface area contributed by atoms with Crippen molar-refractivity contribution in [2.75, 3.05) is 5.75 Å². The van der Waals surface area contributed by atoms with E-state index in [0.717, 1.165) is 50.7 Å². The van der Waals surface area contributed by atoms with E-state index in [4.69, 9.17) is 4.74 Å². The summed E-state index contributed by atoms with van der Waals surface area (Å²) in [6.45, 7) is 9.22. The predicted octanol–water partition coefficient (Wildman–Crippen LogP) is 4.41. The van der Waals surface area contributed by atoms with Gasteiger partial charge in [-0.25, -0.2) is 4.79 Å². The molecule has 2 amide bonds. The number of unbranched alkanes of at least 4 members (excludes halogenated alkanes) is 2. The van der Waals surface area contributed by atoms with Crippen LogP contribution in [0.4, 0.5) is 4.79 Å². The van der Waals surface area contributed by atoms with Crippen molar-refractivity contribution in [2.45, 2.75) is 104 Å².